The lowest BCUT2D eigenvalue weighted by Crippen LogP contribution is -2.31. The zero-order chi connectivity index (χ0) is 13.0. The van der Waals surface area contributed by atoms with E-state index in [1.165, 1.54) is 0 Å². The Hall–Kier alpha value is -1.63. The highest BCUT2D eigenvalue weighted by molar-refractivity contribution is 5.76. The fourth-order valence-electron chi connectivity index (χ4n) is 2.00. The summed E-state index contributed by atoms with van der Waals surface area (Å²) in [5.41, 5.74) is 6.79. The Balaban J connectivity index is 1.84. The average molecular weight is 252 g/mol. The molecule has 2 heterocycles. The second-order valence-corrected chi connectivity index (χ2v) is 4.52. The minimum atomic E-state index is -0.0427. The molecule has 3 N–H and O–H groups in total. The quantitative estimate of drug-likeness (QED) is 0.751. The van der Waals surface area contributed by atoms with Gasteiger partial charge in [0, 0.05) is 19.6 Å². The third-order valence-corrected chi connectivity index (χ3v) is 3.08. The van der Waals surface area contributed by atoms with Crippen LogP contribution in [0.4, 0.5) is 4.79 Å². The fourth-order valence-corrected chi connectivity index (χ4v) is 2.00. The normalized spacial score (nSPS) is 17.0. The highest BCUT2D eigenvalue weighted by atomic mass is 16.2. The maximum atomic E-state index is 11.3. The highest BCUT2D eigenvalue weighted by Gasteiger charge is 2.19. The molecule has 1 aromatic rings. The number of hydrogen-bond acceptors (Lipinski definition) is 4. The molecular formula is C11H20N6O. The molecule has 0 aromatic carbocycles. The molecule has 1 atom stereocenters. The van der Waals surface area contributed by atoms with E-state index in [4.69, 9.17) is 5.73 Å². The summed E-state index contributed by atoms with van der Waals surface area (Å²) in [4.78, 5) is 13.1. The first-order valence-corrected chi connectivity index (χ1v) is 6.39. The average Bonchev–Trinajstić information content (AvgIpc) is 2.96. The van der Waals surface area contributed by atoms with Gasteiger partial charge in [0.2, 0.25) is 0 Å². The van der Waals surface area contributed by atoms with Crippen LogP contribution in [0.15, 0.2) is 6.20 Å². The van der Waals surface area contributed by atoms with E-state index in [-0.39, 0.29) is 12.1 Å². The first-order valence-electron chi connectivity index (χ1n) is 6.39. The van der Waals surface area contributed by atoms with Crippen LogP contribution in [0.25, 0.3) is 0 Å². The highest BCUT2D eigenvalue weighted by Crippen LogP contribution is 2.11. The molecular weight excluding hydrogens is 232 g/mol. The van der Waals surface area contributed by atoms with Crippen molar-refractivity contribution in [2.75, 3.05) is 19.6 Å². The number of nitrogens with one attached hydrogen (secondary N) is 1. The number of rotatable bonds is 6. The van der Waals surface area contributed by atoms with Crippen LogP contribution in [0.2, 0.25) is 0 Å². The Kier molecular flexibility index (Phi) is 4.14. The maximum absolute atomic E-state index is 11.3. The number of urea groups is 1. The number of hydrogen-bond donors (Lipinski definition) is 2. The summed E-state index contributed by atoms with van der Waals surface area (Å²) in [6.45, 7) is 4.88. The van der Waals surface area contributed by atoms with Gasteiger partial charge in [0.15, 0.2) is 0 Å². The van der Waals surface area contributed by atoms with Gasteiger partial charge < -0.3 is 16.0 Å². The predicted molar refractivity (Wildman–Crippen MR) is 66.8 cm³/mol. The van der Waals surface area contributed by atoms with E-state index in [2.05, 4.69) is 22.6 Å². The largest absolute Gasteiger partial charge is 0.336 e. The van der Waals surface area contributed by atoms with Gasteiger partial charge in [-0.3, -0.25) is 4.68 Å². The molecule has 2 amide bonds. The molecule has 0 radical (unpaired) electrons. The van der Waals surface area contributed by atoms with Gasteiger partial charge in [-0.05, 0) is 6.42 Å². The van der Waals surface area contributed by atoms with Crippen LogP contribution in [-0.4, -0.2) is 45.6 Å². The monoisotopic (exact) mass is 252 g/mol. The van der Waals surface area contributed by atoms with Crippen LogP contribution in [-0.2, 0) is 6.54 Å². The van der Waals surface area contributed by atoms with Crippen LogP contribution < -0.4 is 11.1 Å². The molecule has 0 saturated carbocycles. The van der Waals surface area contributed by atoms with E-state index in [0.29, 0.717) is 13.1 Å². The van der Waals surface area contributed by atoms with Crippen LogP contribution in [0.1, 0.15) is 31.5 Å². The van der Waals surface area contributed by atoms with Gasteiger partial charge in [-0.25, -0.2) is 4.79 Å². The molecule has 1 saturated heterocycles. The van der Waals surface area contributed by atoms with E-state index in [1.807, 2.05) is 6.20 Å². The summed E-state index contributed by atoms with van der Waals surface area (Å²) in [6.07, 6.45) is 3.81. The molecule has 0 bridgehead atoms. The summed E-state index contributed by atoms with van der Waals surface area (Å²) in [5, 5.41) is 10.9. The van der Waals surface area contributed by atoms with Crippen LogP contribution in [0, 0.1) is 0 Å². The van der Waals surface area contributed by atoms with Crippen molar-refractivity contribution in [1.29, 1.82) is 0 Å². The molecule has 0 spiro atoms. The van der Waals surface area contributed by atoms with Crippen molar-refractivity contribution in [3.8, 4) is 0 Å². The second kappa shape index (κ2) is 5.81. The Morgan fingerprint density at radius 3 is 3.06 bits per heavy atom. The lowest BCUT2D eigenvalue weighted by Gasteiger charge is -2.13. The first-order chi connectivity index (χ1) is 8.70. The zero-order valence-electron chi connectivity index (χ0n) is 10.7. The third kappa shape index (κ3) is 2.98. The minimum absolute atomic E-state index is 0.00183. The molecule has 1 fully saturated rings. The lowest BCUT2D eigenvalue weighted by atomic mass is 10.1. The van der Waals surface area contributed by atoms with Gasteiger partial charge in [-0.15, -0.1) is 5.10 Å². The first kappa shape index (κ1) is 12.8. The number of carbonyl (C=O) groups is 1. The number of aromatic nitrogens is 3. The summed E-state index contributed by atoms with van der Waals surface area (Å²) in [6, 6.07) is -0.0446. The van der Waals surface area contributed by atoms with Crippen molar-refractivity contribution >= 4 is 6.03 Å². The molecule has 1 aromatic heterocycles. The zero-order valence-corrected chi connectivity index (χ0v) is 10.7. The van der Waals surface area contributed by atoms with E-state index in [9.17, 15) is 4.79 Å². The van der Waals surface area contributed by atoms with Crippen LogP contribution >= 0.6 is 0 Å². The topological polar surface area (TPSA) is 89.1 Å². The summed E-state index contributed by atoms with van der Waals surface area (Å²) >= 11 is 0. The molecule has 18 heavy (non-hydrogen) atoms. The molecule has 2 rings (SSSR count). The molecule has 7 heteroatoms. The Labute approximate surface area is 106 Å². The van der Waals surface area contributed by atoms with Crippen molar-refractivity contribution in [2.24, 2.45) is 5.73 Å². The van der Waals surface area contributed by atoms with E-state index < -0.39 is 0 Å². The van der Waals surface area contributed by atoms with Gasteiger partial charge in [-0.1, -0.05) is 18.6 Å². The van der Waals surface area contributed by atoms with Crippen molar-refractivity contribution in [3.05, 3.63) is 11.9 Å². The predicted octanol–water partition coefficient (Wildman–Crippen LogP) is 0.103. The Bertz CT molecular complexity index is 404. The second-order valence-electron chi connectivity index (χ2n) is 4.52. The summed E-state index contributed by atoms with van der Waals surface area (Å²) < 4.78 is 1.75. The lowest BCUT2D eigenvalue weighted by molar-refractivity contribution is 0.215. The van der Waals surface area contributed by atoms with E-state index >= 15 is 0 Å². The van der Waals surface area contributed by atoms with Gasteiger partial charge >= 0.3 is 6.03 Å². The standard InChI is InChI=1S/C11H20N6O/c1-2-3-9(12)10-8-17(15-14-10)7-6-16-5-4-13-11(16)18/h8-9H,2-7,12H2,1H3,(H,13,18). The van der Waals surface area contributed by atoms with Crippen LogP contribution in [0.5, 0.6) is 0 Å². The number of nitrogens with two attached hydrogens (primary N) is 1. The molecule has 7 nitrogen and oxygen atoms in total. The van der Waals surface area contributed by atoms with Gasteiger partial charge in [0.25, 0.3) is 0 Å². The molecule has 1 aliphatic rings. The molecule has 1 aliphatic heterocycles. The number of nitrogens with zero attached hydrogens (tertiary/aromatic N) is 4. The molecule has 0 aliphatic carbocycles. The van der Waals surface area contributed by atoms with E-state index in [0.717, 1.165) is 31.6 Å². The maximum Gasteiger partial charge on any atom is 0.317 e. The van der Waals surface area contributed by atoms with Gasteiger partial charge in [0.1, 0.15) is 0 Å². The SMILES string of the molecule is CCCC(N)c1cn(CCN2CCNC2=O)nn1. The summed E-state index contributed by atoms with van der Waals surface area (Å²) in [7, 11) is 0. The van der Waals surface area contributed by atoms with E-state index in [1.54, 1.807) is 9.58 Å². The minimum Gasteiger partial charge on any atom is -0.336 e. The van der Waals surface area contributed by atoms with Crippen molar-refractivity contribution in [2.45, 2.75) is 32.4 Å². The van der Waals surface area contributed by atoms with Gasteiger partial charge in [0.05, 0.1) is 24.5 Å². The van der Waals surface area contributed by atoms with Crippen LogP contribution in [0.3, 0.4) is 0 Å². The fraction of sp³-hybridized carbons (Fsp3) is 0.727. The Morgan fingerprint density at radius 2 is 2.39 bits per heavy atom. The number of carbonyl (C=O) groups excluding carboxylic acids is 1. The smallest absolute Gasteiger partial charge is 0.317 e. The van der Waals surface area contributed by atoms with Gasteiger partial charge in [-0.2, -0.15) is 0 Å². The van der Waals surface area contributed by atoms with Crippen molar-refractivity contribution in [1.82, 2.24) is 25.2 Å². The van der Waals surface area contributed by atoms with Crippen molar-refractivity contribution < 1.29 is 4.79 Å². The number of amides is 2. The summed E-state index contributed by atoms with van der Waals surface area (Å²) in [5.74, 6) is 0. The molecule has 1 unspecified atom stereocenters. The molecule has 100 valence electrons. The van der Waals surface area contributed by atoms with Crippen molar-refractivity contribution in [3.63, 3.8) is 0 Å². The third-order valence-electron chi connectivity index (χ3n) is 3.08. The Morgan fingerprint density at radius 1 is 1.56 bits per heavy atom.